The van der Waals surface area contributed by atoms with Gasteiger partial charge in [0, 0.05) is 95.9 Å². The van der Waals surface area contributed by atoms with Crippen LogP contribution in [0, 0.1) is 0 Å². The number of nitrogens with zero attached hydrogens (tertiary/aromatic N) is 3. The van der Waals surface area contributed by atoms with Crippen LogP contribution in [0.25, 0.3) is 106 Å². The molecule has 1 unspecified atom stereocenters. The minimum Gasteiger partial charge on any atom is -0.358 e. The molecule has 78 heavy (non-hydrogen) atoms. The molecule has 0 aliphatic heterocycles. The fraction of sp³-hybridized carbons (Fsp3) is 0.0685. The maximum Gasteiger partial charge on any atom is 0.0548 e. The van der Waals surface area contributed by atoms with E-state index >= 15 is 0 Å². The summed E-state index contributed by atoms with van der Waals surface area (Å²) in [5.74, 6) is 0.125. The van der Waals surface area contributed by atoms with Crippen LogP contribution in [-0.2, 0) is 12.8 Å². The van der Waals surface area contributed by atoms with Crippen molar-refractivity contribution in [3.05, 3.63) is 282 Å². The predicted octanol–water partition coefficient (Wildman–Crippen LogP) is 18.7. The molecule has 13 aromatic rings. The van der Waals surface area contributed by atoms with Crippen molar-refractivity contribution in [3.8, 4) is 28.2 Å². The summed E-state index contributed by atoms with van der Waals surface area (Å²) in [6.45, 7) is 0. The number of allylic oxidation sites excluding steroid dienone is 5. The van der Waals surface area contributed by atoms with Crippen LogP contribution in [0.2, 0.25) is 0 Å². The lowest BCUT2D eigenvalue weighted by Gasteiger charge is -2.28. The fourth-order valence-corrected chi connectivity index (χ4v) is 13.3. The zero-order valence-corrected chi connectivity index (χ0v) is 43.0. The van der Waals surface area contributed by atoms with Gasteiger partial charge in [0.25, 0.3) is 0 Å². The van der Waals surface area contributed by atoms with Gasteiger partial charge in [0.2, 0.25) is 0 Å². The van der Waals surface area contributed by atoms with Gasteiger partial charge in [0.15, 0.2) is 0 Å². The fourth-order valence-electron chi connectivity index (χ4n) is 13.3. The largest absolute Gasteiger partial charge is 0.358 e. The standard InChI is InChI=1S/C73H53N5/c1-5-19-47(20-6-1)59-45-71-63(43-65(59)74-52-27-9-3-10-28-52)57-31-13-15-33-67(57)76(71)54-35-37-69-61(41-54)62-42-55(36-38-70(62)78(69)56-39-50-25-17-23-49-24-18-26-51(40-56)73(49)50)77-68-34-16-14-32-58(68)64-44-66(75-53-29-11-4-12-30-53)60(46-72(64)77)48-21-7-2-8-22-48/h1-3,5-11,13-23,25-44,46,59,74-75H,4,12,24,45H2. The van der Waals surface area contributed by atoms with E-state index in [1.807, 2.05) is 0 Å². The predicted molar refractivity (Wildman–Crippen MR) is 329 cm³/mol. The summed E-state index contributed by atoms with van der Waals surface area (Å²) < 4.78 is 7.55. The van der Waals surface area contributed by atoms with Crippen LogP contribution >= 0.6 is 0 Å². The molecule has 5 nitrogen and oxygen atoms in total. The Bertz CT molecular complexity index is 4710. The maximum absolute atomic E-state index is 3.88. The van der Waals surface area contributed by atoms with Crippen LogP contribution in [0.1, 0.15) is 46.7 Å². The van der Waals surface area contributed by atoms with Gasteiger partial charge in [-0.2, -0.15) is 0 Å². The molecule has 1 atom stereocenters. The smallest absolute Gasteiger partial charge is 0.0548 e. The molecule has 3 aliphatic carbocycles. The molecule has 5 heteroatoms. The molecule has 3 aromatic heterocycles. The topological polar surface area (TPSA) is 38.9 Å². The number of fused-ring (bicyclic) bond motifs is 9. The minimum atomic E-state index is 0.125. The van der Waals surface area contributed by atoms with Crippen molar-refractivity contribution in [2.24, 2.45) is 0 Å². The zero-order valence-electron chi connectivity index (χ0n) is 43.0. The van der Waals surface area contributed by atoms with Gasteiger partial charge in [-0.15, -0.1) is 0 Å². The Morgan fingerprint density at radius 3 is 1.88 bits per heavy atom. The molecule has 0 saturated heterocycles. The quantitative estimate of drug-likeness (QED) is 0.151. The molecule has 0 bridgehead atoms. The van der Waals surface area contributed by atoms with Crippen molar-refractivity contribution in [2.45, 2.75) is 31.6 Å². The highest BCUT2D eigenvalue weighted by Crippen LogP contribution is 2.45. The lowest BCUT2D eigenvalue weighted by Crippen LogP contribution is -2.18. The number of aromatic nitrogens is 3. The minimum absolute atomic E-state index is 0.125. The molecule has 0 saturated carbocycles. The Labute approximate surface area is 452 Å². The first kappa shape index (κ1) is 44.5. The van der Waals surface area contributed by atoms with E-state index in [9.17, 15) is 0 Å². The lowest BCUT2D eigenvalue weighted by molar-refractivity contribution is 0.748. The third-order valence-electron chi connectivity index (χ3n) is 16.7. The Balaban J connectivity index is 0.939. The Morgan fingerprint density at radius 2 is 1.12 bits per heavy atom. The first-order chi connectivity index (χ1) is 38.7. The van der Waals surface area contributed by atoms with Crippen molar-refractivity contribution in [2.75, 3.05) is 10.6 Å². The van der Waals surface area contributed by atoms with Crippen molar-refractivity contribution in [3.63, 3.8) is 0 Å². The van der Waals surface area contributed by atoms with Crippen molar-refractivity contribution < 1.29 is 0 Å². The maximum atomic E-state index is 3.88. The molecule has 2 N–H and O–H groups in total. The second kappa shape index (κ2) is 17.9. The van der Waals surface area contributed by atoms with E-state index in [-0.39, 0.29) is 5.92 Å². The van der Waals surface area contributed by atoms with Gasteiger partial charge in [-0.25, -0.2) is 0 Å². The number of benzene rings is 10. The average Bonchev–Trinajstić information content (AvgIpc) is 4.34. The Kier molecular flexibility index (Phi) is 10.2. The monoisotopic (exact) mass is 999 g/mol. The number of anilines is 2. The summed E-state index contributed by atoms with van der Waals surface area (Å²) in [6, 6.07) is 81.1. The molecule has 16 rings (SSSR count). The number of para-hydroxylation sites is 3. The summed E-state index contributed by atoms with van der Waals surface area (Å²) in [5.41, 5.74) is 22.7. The number of rotatable bonds is 9. The van der Waals surface area contributed by atoms with Crippen LogP contribution in [0.15, 0.2) is 254 Å². The van der Waals surface area contributed by atoms with E-state index in [0.29, 0.717) is 0 Å². The summed E-state index contributed by atoms with van der Waals surface area (Å²) in [4.78, 5) is 0. The van der Waals surface area contributed by atoms with Gasteiger partial charge in [-0.05, 0) is 149 Å². The van der Waals surface area contributed by atoms with Crippen LogP contribution in [0.5, 0.6) is 0 Å². The Morgan fingerprint density at radius 1 is 0.449 bits per heavy atom. The van der Waals surface area contributed by atoms with E-state index in [4.69, 9.17) is 0 Å². The van der Waals surface area contributed by atoms with Crippen LogP contribution in [0.4, 0.5) is 11.4 Å². The molecule has 0 amide bonds. The summed E-state index contributed by atoms with van der Waals surface area (Å²) in [5, 5.41) is 16.5. The third kappa shape index (κ3) is 7.15. The van der Waals surface area contributed by atoms with Crippen molar-refractivity contribution in [1.82, 2.24) is 13.7 Å². The highest BCUT2D eigenvalue weighted by Gasteiger charge is 2.30. The average molecular weight is 1000 g/mol. The summed E-state index contributed by atoms with van der Waals surface area (Å²) in [7, 11) is 0. The van der Waals surface area contributed by atoms with Crippen LogP contribution < -0.4 is 10.6 Å². The molecular formula is C73H53N5. The summed E-state index contributed by atoms with van der Waals surface area (Å²) >= 11 is 0. The second-order valence-electron chi connectivity index (χ2n) is 21.3. The highest BCUT2D eigenvalue weighted by atomic mass is 15.0. The number of nitrogens with one attached hydrogen (secondary N) is 2. The normalized spacial score (nSPS) is 14.9. The molecule has 0 fully saturated rings. The first-order valence-electron chi connectivity index (χ1n) is 27.5. The van der Waals surface area contributed by atoms with Gasteiger partial charge in [0.1, 0.15) is 0 Å². The van der Waals surface area contributed by atoms with E-state index in [2.05, 4.69) is 279 Å². The van der Waals surface area contributed by atoms with Crippen molar-refractivity contribution >= 4 is 88.8 Å². The number of hydrogen-bond acceptors (Lipinski definition) is 2. The molecule has 0 radical (unpaired) electrons. The SMILES string of the molecule is C1=CC(Nc2cc3c4ccccc4n(-c4ccc5c(c4)c4cc(-n6c7c(c8ccccc86)C=C(Nc6ccccc6)C(c6ccccc6)C7)ccc4n5-c4cc5c6c(cccc6c4)CC=C5)c3cc2-c2ccccc2)=CCC1. The second-order valence-corrected chi connectivity index (χ2v) is 21.3. The van der Waals surface area contributed by atoms with Crippen LogP contribution in [-0.4, -0.2) is 13.7 Å². The highest BCUT2D eigenvalue weighted by molar-refractivity contribution is 6.15. The van der Waals surface area contributed by atoms with Crippen molar-refractivity contribution in [1.29, 1.82) is 0 Å². The number of hydrogen-bond donors (Lipinski definition) is 2. The van der Waals surface area contributed by atoms with E-state index in [1.165, 1.54) is 110 Å². The summed E-state index contributed by atoms with van der Waals surface area (Å²) in [6.07, 6.45) is 17.7. The van der Waals surface area contributed by atoms with E-state index < -0.39 is 0 Å². The van der Waals surface area contributed by atoms with Crippen LogP contribution in [0.3, 0.4) is 0 Å². The molecule has 3 aliphatic rings. The first-order valence-corrected chi connectivity index (χ1v) is 27.5. The van der Waals surface area contributed by atoms with Gasteiger partial charge in [-0.3, -0.25) is 0 Å². The zero-order chi connectivity index (χ0) is 51.3. The molecule has 10 aromatic carbocycles. The van der Waals surface area contributed by atoms with Gasteiger partial charge >= 0.3 is 0 Å². The Hall–Kier alpha value is -9.84. The lowest BCUT2D eigenvalue weighted by atomic mass is 9.84. The molecule has 3 heterocycles. The van der Waals surface area contributed by atoms with Gasteiger partial charge in [-0.1, -0.05) is 158 Å². The molecule has 0 spiro atoms. The van der Waals surface area contributed by atoms with E-state index in [1.54, 1.807) is 0 Å². The third-order valence-corrected chi connectivity index (χ3v) is 16.7. The van der Waals surface area contributed by atoms with Gasteiger partial charge in [0.05, 0.1) is 27.6 Å². The van der Waals surface area contributed by atoms with E-state index in [0.717, 1.165) is 59.8 Å². The molecular weight excluding hydrogens is 947 g/mol. The molecule has 370 valence electrons. The van der Waals surface area contributed by atoms with Gasteiger partial charge < -0.3 is 24.3 Å².